The van der Waals surface area contributed by atoms with Crippen LogP contribution in [0.15, 0.2) is 11.4 Å². The van der Waals surface area contributed by atoms with E-state index < -0.39 is 0 Å². The van der Waals surface area contributed by atoms with Crippen molar-refractivity contribution >= 4 is 17.2 Å². The predicted molar refractivity (Wildman–Crippen MR) is 82.9 cm³/mol. The van der Waals surface area contributed by atoms with Crippen molar-refractivity contribution in [3.63, 3.8) is 0 Å². The van der Waals surface area contributed by atoms with Crippen LogP contribution < -0.4 is 11.1 Å². The van der Waals surface area contributed by atoms with Crippen LogP contribution >= 0.6 is 11.3 Å². The van der Waals surface area contributed by atoms with Gasteiger partial charge in [-0.15, -0.1) is 11.3 Å². The van der Waals surface area contributed by atoms with E-state index in [1.807, 2.05) is 5.38 Å². The summed E-state index contributed by atoms with van der Waals surface area (Å²) < 4.78 is 5.07. The molecular formula is C15H22N2O2S. The number of nitrogens with two attached hydrogens (primary N) is 1. The summed E-state index contributed by atoms with van der Waals surface area (Å²) in [7, 11) is 1.68. The number of nitrogens with one attached hydrogen (secondary N) is 1. The lowest BCUT2D eigenvalue weighted by molar-refractivity contribution is 0.0921. The first kappa shape index (κ1) is 16.7. The second-order valence-electron chi connectivity index (χ2n) is 5.30. The van der Waals surface area contributed by atoms with E-state index in [2.05, 4.69) is 31.0 Å². The van der Waals surface area contributed by atoms with Crippen LogP contribution in [0.2, 0.25) is 0 Å². The Kier molecular flexibility index (Phi) is 6.73. The zero-order valence-electron chi connectivity index (χ0n) is 12.3. The van der Waals surface area contributed by atoms with E-state index in [9.17, 15) is 4.79 Å². The molecule has 1 heterocycles. The fraction of sp³-hybridized carbons (Fsp3) is 0.533. The van der Waals surface area contributed by atoms with Crippen molar-refractivity contribution < 1.29 is 9.53 Å². The van der Waals surface area contributed by atoms with Crippen molar-refractivity contribution in [1.29, 1.82) is 0 Å². The van der Waals surface area contributed by atoms with Gasteiger partial charge in [-0.1, -0.05) is 25.7 Å². The van der Waals surface area contributed by atoms with E-state index in [0.717, 1.165) is 11.3 Å². The number of amides is 1. The van der Waals surface area contributed by atoms with E-state index in [4.69, 9.17) is 10.5 Å². The number of carbonyl (C=O) groups is 1. The van der Waals surface area contributed by atoms with Gasteiger partial charge in [0.15, 0.2) is 0 Å². The molecule has 0 unspecified atom stereocenters. The number of carbonyl (C=O) groups excluding carboxylic acids is 1. The number of hydrogen-bond donors (Lipinski definition) is 2. The second kappa shape index (κ2) is 8.05. The van der Waals surface area contributed by atoms with Crippen LogP contribution in [0.5, 0.6) is 0 Å². The van der Waals surface area contributed by atoms with E-state index in [-0.39, 0.29) is 11.3 Å². The highest BCUT2D eigenvalue weighted by Gasteiger charge is 2.19. The molecule has 5 heteroatoms. The minimum Gasteiger partial charge on any atom is -0.385 e. The van der Waals surface area contributed by atoms with Crippen molar-refractivity contribution in [2.24, 2.45) is 11.1 Å². The Bertz CT molecular complexity index is 497. The third kappa shape index (κ3) is 5.74. The average Bonchev–Trinajstić information content (AvgIpc) is 2.89. The Hall–Kier alpha value is -1.35. The number of hydrogen-bond acceptors (Lipinski definition) is 4. The van der Waals surface area contributed by atoms with Crippen LogP contribution in [0.1, 0.15) is 35.5 Å². The monoisotopic (exact) mass is 294 g/mol. The number of ether oxygens (including phenoxy) is 1. The van der Waals surface area contributed by atoms with E-state index in [1.54, 1.807) is 13.2 Å². The maximum atomic E-state index is 12.0. The molecule has 0 aliphatic rings. The van der Waals surface area contributed by atoms with Crippen molar-refractivity contribution in [1.82, 2.24) is 5.32 Å². The summed E-state index contributed by atoms with van der Waals surface area (Å²) in [4.78, 5) is 12.9. The zero-order valence-corrected chi connectivity index (χ0v) is 13.1. The van der Waals surface area contributed by atoms with Crippen LogP contribution in [-0.2, 0) is 4.74 Å². The molecule has 0 spiro atoms. The first-order chi connectivity index (χ1) is 9.48. The second-order valence-corrected chi connectivity index (χ2v) is 6.21. The van der Waals surface area contributed by atoms with Gasteiger partial charge in [0.05, 0.1) is 17.0 Å². The van der Waals surface area contributed by atoms with E-state index in [0.29, 0.717) is 25.3 Å². The van der Waals surface area contributed by atoms with E-state index in [1.165, 1.54) is 11.3 Å². The van der Waals surface area contributed by atoms with Crippen molar-refractivity contribution in [2.45, 2.75) is 20.3 Å². The van der Waals surface area contributed by atoms with Crippen LogP contribution in [0.4, 0.5) is 0 Å². The Morgan fingerprint density at radius 1 is 1.55 bits per heavy atom. The molecule has 0 aliphatic heterocycles. The van der Waals surface area contributed by atoms with Gasteiger partial charge in [0.2, 0.25) is 0 Å². The molecule has 0 radical (unpaired) electrons. The molecule has 0 saturated carbocycles. The highest BCUT2D eigenvalue weighted by molar-refractivity contribution is 7.10. The third-order valence-corrected chi connectivity index (χ3v) is 3.73. The third-order valence-electron chi connectivity index (χ3n) is 2.89. The Morgan fingerprint density at radius 2 is 2.30 bits per heavy atom. The molecule has 110 valence electrons. The van der Waals surface area contributed by atoms with Crippen LogP contribution in [-0.4, -0.2) is 32.7 Å². The fourth-order valence-corrected chi connectivity index (χ4v) is 2.30. The molecule has 1 aromatic heterocycles. The Morgan fingerprint density at radius 3 is 2.95 bits per heavy atom. The minimum absolute atomic E-state index is 0.0177. The average molecular weight is 294 g/mol. The van der Waals surface area contributed by atoms with Crippen LogP contribution in [0.25, 0.3) is 0 Å². The van der Waals surface area contributed by atoms with Crippen molar-refractivity contribution in [3.8, 4) is 11.8 Å². The number of methoxy groups -OCH3 is 1. The Balaban J connectivity index is 2.52. The summed E-state index contributed by atoms with van der Waals surface area (Å²) in [5, 5.41) is 4.77. The molecule has 0 saturated heterocycles. The van der Waals surface area contributed by atoms with Crippen LogP contribution in [0.3, 0.4) is 0 Å². The first-order valence-corrected chi connectivity index (χ1v) is 7.41. The molecule has 0 atom stereocenters. The highest BCUT2D eigenvalue weighted by atomic mass is 32.1. The normalized spacial score (nSPS) is 10.8. The summed E-state index contributed by atoms with van der Waals surface area (Å²) in [5.41, 5.74) is 5.99. The van der Waals surface area contributed by atoms with Gasteiger partial charge in [-0.3, -0.25) is 4.79 Å². The van der Waals surface area contributed by atoms with Gasteiger partial charge in [0, 0.05) is 25.6 Å². The lowest BCUT2D eigenvalue weighted by Crippen LogP contribution is -2.34. The van der Waals surface area contributed by atoms with Gasteiger partial charge in [0.1, 0.15) is 0 Å². The molecule has 1 amide bonds. The van der Waals surface area contributed by atoms with Gasteiger partial charge < -0.3 is 15.8 Å². The molecule has 0 aliphatic carbocycles. The SMILES string of the molecule is COCCC(C)(C)CNC(=O)c1csc(C#CCN)c1. The van der Waals surface area contributed by atoms with Crippen LogP contribution in [0, 0.1) is 17.3 Å². The van der Waals surface area contributed by atoms with Gasteiger partial charge in [-0.05, 0) is 17.9 Å². The minimum atomic E-state index is -0.0625. The fourth-order valence-electron chi connectivity index (χ4n) is 1.55. The lowest BCUT2D eigenvalue weighted by atomic mass is 9.89. The molecular weight excluding hydrogens is 272 g/mol. The molecule has 1 aromatic rings. The molecule has 4 nitrogen and oxygen atoms in total. The van der Waals surface area contributed by atoms with Crippen molar-refractivity contribution in [3.05, 3.63) is 21.9 Å². The van der Waals surface area contributed by atoms with E-state index >= 15 is 0 Å². The molecule has 1 rings (SSSR count). The maximum absolute atomic E-state index is 12.0. The molecule has 0 aromatic carbocycles. The van der Waals surface area contributed by atoms with Gasteiger partial charge >= 0.3 is 0 Å². The summed E-state index contributed by atoms with van der Waals surface area (Å²) in [6, 6.07) is 1.80. The molecule has 0 bridgehead atoms. The van der Waals surface area contributed by atoms with Gasteiger partial charge in [-0.25, -0.2) is 0 Å². The molecule has 0 fully saturated rings. The standard InChI is InChI=1S/C15H22N2O2S/c1-15(2,6-8-19-3)11-17-14(18)12-9-13(20-10-12)5-4-7-16/h9-10H,6-8,11,16H2,1-3H3,(H,17,18). The molecule has 20 heavy (non-hydrogen) atoms. The van der Waals surface area contributed by atoms with Crippen molar-refractivity contribution in [2.75, 3.05) is 26.8 Å². The Labute approximate surface area is 124 Å². The summed E-state index contributed by atoms with van der Waals surface area (Å²) >= 11 is 1.46. The number of rotatable bonds is 6. The summed E-state index contributed by atoms with van der Waals surface area (Å²) in [6.45, 7) is 5.86. The lowest BCUT2D eigenvalue weighted by Gasteiger charge is -2.24. The van der Waals surface area contributed by atoms with Gasteiger partial charge in [-0.2, -0.15) is 0 Å². The largest absolute Gasteiger partial charge is 0.385 e. The van der Waals surface area contributed by atoms with Gasteiger partial charge in [0.25, 0.3) is 5.91 Å². The topological polar surface area (TPSA) is 64.3 Å². The molecule has 3 N–H and O–H groups in total. The first-order valence-electron chi connectivity index (χ1n) is 6.53. The maximum Gasteiger partial charge on any atom is 0.252 e. The summed E-state index contributed by atoms with van der Waals surface area (Å²) in [6.07, 6.45) is 0.903. The smallest absolute Gasteiger partial charge is 0.252 e. The predicted octanol–water partition coefficient (Wildman–Crippen LogP) is 1.85. The number of thiophene rings is 1. The zero-order chi connectivity index (χ0) is 15.0. The summed E-state index contributed by atoms with van der Waals surface area (Å²) in [5.74, 6) is 5.64. The quantitative estimate of drug-likeness (QED) is 0.787. The highest BCUT2D eigenvalue weighted by Crippen LogP contribution is 2.19.